The Labute approximate surface area is 139 Å². The minimum absolute atomic E-state index is 0.163. The molecule has 2 aromatic carbocycles. The molecule has 0 spiro atoms. The predicted molar refractivity (Wildman–Crippen MR) is 88.0 cm³/mol. The molecule has 2 aromatic heterocycles. The number of hydrogen-bond donors (Lipinski definition) is 0. The van der Waals surface area contributed by atoms with Crippen LogP contribution in [0, 0.1) is 6.92 Å². The van der Waals surface area contributed by atoms with Crippen LogP contribution in [-0.2, 0) is 6.18 Å². The lowest BCUT2D eigenvalue weighted by Gasteiger charge is -2.16. The fraction of sp³-hybridized carbons (Fsp3) is 0.111. The van der Waals surface area contributed by atoms with Gasteiger partial charge in [-0.2, -0.15) is 13.2 Å². The van der Waals surface area contributed by atoms with Gasteiger partial charge in [-0.1, -0.05) is 18.2 Å². The van der Waals surface area contributed by atoms with Crippen molar-refractivity contribution in [3.05, 3.63) is 76.3 Å². The van der Waals surface area contributed by atoms with Crippen LogP contribution in [0.5, 0.6) is 0 Å². The average Bonchev–Trinajstić information content (AvgIpc) is 3.05. The first-order valence-corrected chi connectivity index (χ1v) is 7.53. The van der Waals surface area contributed by atoms with Crippen LogP contribution in [0.1, 0.15) is 11.1 Å². The molecule has 25 heavy (non-hydrogen) atoms. The topological polar surface area (TPSA) is 39.3 Å². The normalized spacial score (nSPS) is 12.2. The second-order valence-electron chi connectivity index (χ2n) is 5.75. The summed E-state index contributed by atoms with van der Waals surface area (Å²) in [5, 5.41) is 0. The Balaban J connectivity index is 2.23. The van der Waals surface area contributed by atoms with Crippen LogP contribution in [0.2, 0.25) is 0 Å². The number of nitrogens with zero attached hydrogens (tertiary/aromatic N) is 3. The fourth-order valence-corrected chi connectivity index (χ4v) is 3.00. The molecule has 0 aliphatic heterocycles. The summed E-state index contributed by atoms with van der Waals surface area (Å²) in [4.78, 5) is 17.0. The van der Waals surface area contributed by atoms with E-state index in [1.807, 2.05) is 0 Å². The van der Waals surface area contributed by atoms with Crippen molar-refractivity contribution in [3.63, 3.8) is 0 Å². The summed E-state index contributed by atoms with van der Waals surface area (Å²) in [7, 11) is 0. The van der Waals surface area contributed by atoms with Gasteiger partial charge in [-0.15, -0.1) is 0 Å². The maximum atomic E-state index is 13.2. The van der Waals surface area contributed by atoms with Gasteiger partial charge in [0.1, 0.15) is 0 Å². The molecular weight excluding hydrogens is 331 g/mol. The minimum atomic E-state index is -4.50. The number of aryl methyl sites for hydroxylation is 1. The van der Waals surface area contributed by atoms with Crippen molar-refractivity contribution >= 4 is 16.7 Å². The van der Waals surface area contributed by atoms with Gasteiger partial charge in [0, 0.05) is 12.4 Å². The molecule has 0 atom stereocenters. The van der Waals surface area contributed by atoms with Crippen LogP contribution in [0.25, 0.3) is 22.4 Å². The smallest absolute Gasteiger partial charge is 0.294 e. The Morgan fingerprint density at radius 1 is 1.04 bits per heavy atom. The van der Waals surface area contributed by atoms with E-state index in [1.165, 1.54) is 21.2 Å². The van der Waals surface area contributed by atoms with E-state index >= 15 is 0 Å². The molecule has 4 aromatic rings. The number of para-hydroxylation sites is 1. The van der Waals surface area contributed by atoms with Crippen molar-refractivity contribution in [3.8, 4) is 5.69 Å². The zero-order valence-electron chi connectivity index (χ0n) is 13.1. The number of halogens is 3. The predicted octanol–water partition coefficient (Wildman–Crippen LogP) is 3.97. The van der Waals surface area contributed by atoms with Gasteiger partial charge in [-0.05, 0) is 36.8 Å². The Morgan fingerprint density at radius 2 is 1.80 bits per heavy atom. The van der Waals surface area contributed by atoms with Crippen molar-refractivity contribution in [1.82, 2.24) is 14.0 Å². The lowest BCUT2D eigenvalue weighted by atomic mass is 10.1. The first-order chi connectivity index (χ1) is 11.9. The molecule has 0 saturated heterocycles. The quantitative estimate of drug-likeness (QED) is 0.525. The monoisotopic (exact) mass is 343 g/mol. The summed E-state index contributed by atoms with van der Waals surface area (Å²) >= 11 is 0. The molecule has 126 valence electrons. The number of benzene rings is 2. The lowest BCUT2D eigenvalue weighted by Crippen LogP contribution is -2.23. The van der Waals surface area contributed by atoms with E-state index in [-0.39, 0.29) is 11.2 Å². The molecule has 0 saturated carbocycles. The van der Waals surface area contributed by atoms with Crippen LogP contribution < -0.4 is 5.56 Å². The van der Waals surface area contributed by atoms with Crippen molar-refractivity contribution in [2.24, 2.45) is 0 Å². The SMILES string of the molecule is Cc1ccccc1-n1c(=O)c2nccn2c2ccc(C(F)(F)F)cc21. The summed E-state index contributed by atoms with van der Waals surface area (Å²) < 4.78 is 42.3. The Morgan fingerprint density at radius 3 is 2.52 bits per heavy atom. The van der Waals surface area contributed by atoms with Crippen LogP contribution in [0.4, 0.5) is 13.2 Å². The van der Waals surface area contributed by atoms with Gasteiger partial charge in [0.2, 0.25) is 5.65 Å². The number of aromatic nitrogens is 3. The average molecular weight is 343 g/mol. The van der Waals surface area contributed by atoms with E-state index in [0.29, 0.717) is 11.2 Å². The first kappa shape index (κ1) is 15.4. The maximum absolute atomic E-state index is 13.2. The molecule has 0 radical (unpaired) electrons. The Hall–Kier alpha value is -3.09. The highest BCUT2D eigenvalue weighted by atomic mass is 19.4. The third kappa shape index (κ3) is 2.31. The summed E-state index contributed by atoms with van der Waals surface area (Å²) in [6, 6.07) is 10.4. The summed E-state index contributed by atoms with van der Waals surface area (Å²) in [6.07, 6.45) is -1.48. The highest BCUT2D eigenvalue weighted by Gasteiger charge is 2.31. The van der Waals surface area contributed by atoms with Gasteiger partial charge in [0.25, 0.3) is 5.56 Å². The van der Waals surface area contributed by atoms with Crippen LogP contribution in [0.3, 0.4) is 0 Å². The zero-order chi connectivity index (χ0) is 17.8. The highest BCUT2D eigenvalue weighted by molar-refractivity contribution is 5.81. The lowest BCUT2D eigenvalue weighted by molar-refractivity contribution is -0.137. The number of fused-ring (bicyclic) bond motifs is 3. The molecule has 0 amide bonds. The van der Waals surface area contributed by atoms with Gasteiger partial charge >= 0.3 is 6.18 Å². The Bertz CT molecular complexity index is 1170. The van der Waals surface area contributed by atoms with Crippen molar-refractivity contribution in [2.75, 3.05) is 0 Å². The van der Waals surface area contributed by atoms with Crippen molar-refractivity contribution in [2.45, 2.75) is 13.1 Å². The minimum Gasteiger partial charge on any atom is -0.294 e. The number of alkyl halides is 3. The third-order valence-electron chi connectivity index (χ3n) is 4.19. The van der Waals surface area contributed by atoms with Crippen LogP contribution in [-0.4, -0.2) is 14.0 Å². The molecule has 4 rings (SSSR count). The molecular formula is C18H12F3N3O. The number of imidazole rings is 1. The van der Waals surface area contributed by atoms with E-state index in [9.17, 15) is 18.0 Å². The van der Waals surface area contributed by atoms with Gasteiger partial charge in [0.05, 0.1) is 22.3 Å². The standard InChI is InChI=1S/C18H12F3N3O/c1-11-4-2-3-5-13(11)24-15-10-12(18(19,20)21)6-7-14(15)23-9-8-22-16(23)17(24)25/h2-10H,1H3. The largest absolute Gasteiger partial charge is 0.416 e. The highest BCUT2D eigenvalue weighted by Crippen LogP contribution is 2.32. The molecule has 0 bridgehead atoms. The third-order valence-corrected chi connectivity index (χ3v) is 4.19. The Kier molecular flexibility index (Phi) is 3.21. The maximum Gasteiger partial charge on any atom is 0.416 e. The van der Waals surface area contributed by atoms with Crippen molar-refractivity contribution in [1.29, 1.82) is 0 Å². The number of hydrogen-bond acceptors (Lipinski definition) is 2. The second kappa shape index (κ2) is 5.20. The molecule has 7 heteroatoms. The zero-order valence-corrected chi connectivity index (χ0v) is 13.1. The van der Waals surface area contributed by atoms with E-state index in [0.717, 1.165) is 17.7 Å². The van der Waals surface area contributed by atoms with Crippen LogP contribution >= 0.6 is 0 Å². The summed E-state index contributed by atoms with van der Waals surface area (Å²) in [5.41, 5.74) is 0.854. The molecule has 0 N–H and O–H groups in total. The van der Waals surface area contributed by atoms with E-state index < -0.39 is 17.3 Å². The summed E-state index contributed by atoms with van der Waals surface area (Å²) in [5.74, 6) is 0. The van der Waals surface area contributed by atoms with Gasteiger partial charge in [0.15, 0.2) is 0 Å². The van der Waals surface area contributed by atoms with E-state index in [1.54, 1.807) is 37.4 Å². The molecule has 0 fully saturated rings. The van der Waals surface area contributed by atoms with Gasteiger partial charge in [-0.25, -0.2) is 4.98 Å². The molecule has 0 aliphatic carbocycles. The van der Waals surface area contributed by atoms with Crippen LogP contribution in [0.15, 0.2) is 59.7 Å². The van der Waals surface area contributed by atoms with E-state index in [2.05, 4.69) is 4.98 Å². The van der Waals surface area contributed by atoms with Gasteiger partial charge < -0.3 is 0 Å². The molecule has 4 nitrogen and oxygen atoms in total. The molecule has 0 unspecified atom stereocenters. The molecule has 2 heterocycles. The van der Waals surface area contributed by atoms with E-state index in [4.69, 9.17) is 0 Å². The van der Waals surface area contributed by atoms with Crippen molar-refractivity contribution < 1.29 is 13.2 Å². The fourth-order valence-electron chi connectivity index (χ4n) is 3.00. The first-order valence-electron chi connectivity index (χ1n) is 7.53. The second-order valence-corrected chi connectivity index (χ2v) is 5.75. The number of rotatable bonds is 1. The molecule has 0 aliphatic rings. The summed E-state index contributed by atoms with van der Waals surface area (Å²) in [6.45, 7) is 1.80. The van der Waals surface area contributed by atoms with Gasteiger partial charge in [-0.3, -0.25) is 13.8 Å².